The fraction of sp³-hybridized carbons (Fsp3) is 0.500. The standard InChI is InChI=1S/C20H29N9O2/c1-20(2,30)12-27-4-6-28(7-5-27)13-8-16(31-3)15(23-9-13)11-29-17-14(10-24-29)25-19(22)26-18(17)21/h8-10,30H,4-7,11-12H2,1-3H3,(H4,21,22,25,26). The van der Waals surface area contributed by atoms with E-state index in [1.807, 2.05) is 26.1 Å². The first-order valence-electron chi connectivity index (χ1n) is 10.2. The summed E-state index contributed by atoms with van der Waals surface area (Å²) in [5, 5.41) is 14.4. The van der Waals surface area contributed by atoms with Crippen LogP contribution in [0.5, 0.6) is 5.75 Å². The van der Waals surface area contributed by atoms with E-state index in [1.54, 1.807) is 18.0 Å². The predicted molar refractivity (Wildman–Crippen MR) is 119 cm³/mol. The van der Waals surface area contributed by atoms with Gasteiger partial charge in [0.05, 0.1) is 37.3 Å². The van der Waals surface area contributed by atoms with Crippen LogP contribution in [0, 0.1) is 0 Å². The van der Waals surface area contributed by atoms with E-state index in [1.165, 1.54) is 0 Å². The highest BCUT2D eigenvalue weighted by Gasteiger charge is 2.23. The van der Waals surface area contributed by atoms with Gasteiger partial charge < -0.3 is 26.2 Å². The third-order valence-electron chi connectivity index (χ3n) is 5.32. The molecule has 0 bridgehead atoms. The zero-order valence-corrected chi connectivity index (χ0v) is 18.1. The van der Waals surface area contributed by atoms with Gasteiger partial charge in [0.25, 0.3) is 0 Å². The highest BCUT2D eigenvalue weighted by molar-refractivity contribution is 5.85. The Balaban J connectivity index is 1.51. The molecule has 11 heteroatoms. The number of nitrogen functional groups attached to an aromatic ring is 2. The molecule has 4 rings (SSSR count). The quantitative estimate of drug-likeness (QED) is 0.503. The first-order chi connectivity index (χ1) is 14.7. The maximum absolute atomic E-state index is 10.0. The number of ether oxygens (including phenoxy) is 1. The molecule has 31 heavy (non-hydrogen) atoms. The van der Waals surface area contributed by atoms with Crippen LogP contribution in [0.15, 0.2) is 18.5 Å². The van der Waals surface area contributed by atoms with Crippen molar-refractivity contribution in [2.75, 3.05) is 56.2 Å². The van der Waals surface area contributed by atoms with Crippen LogP contribution in [0.1, 0.15) is 19.5 Å². The number of rotatable bonds is 6. The minimum atomic E-state index is -0.689. The van der Waals surface area contributed by atoms with Crippen LogP contribution in [0.4, 0.5) is 17.5 Å². The van der Waals surface area contributed by atoms with Gasteiger partial charge in [-0.15, -0.1) is 0 Å². The molecular weight excluding hydrogens is 398 g/mol. The topological polar surface area (TPSA) is 144 Å². The number of anilines is 3. The Morgan fingerprint density at radius 2 is 1.87 bits per heavy atom. The first kappa shape index (κ1) is 21.1. The number of hydrogen-bond acceptors (Lipinski definition) is 10. The molecule has 0 radical (unpaired) electrons. The van der Waals surface area contributed by atoms with E-state index in [-0.39, 0.29) is 11.8 Å². The van der Waals surface area contributed by atoms with E-state index in [2.05, 4.69) is 29.9 Å². The summed E-state index contributed by atoms with van der Waals surface area (Å²) in [5.41, 5.74) is 13.9. The summed E-state index contributed by atoms with van der Waals surface area (Å²) in [6, 6.07) is 2.00. The molecule has 11 nitrogen and oxygen atoms in total. The lowest BCUT2D eigenvalue weighted by atomic mass is 10.1. The third-order valence-corrected chi connectivity index (χ3v) is 5.32. The molecule has 1 aliphatic heterocycles. The molecule has 0 unspecified atom stereocenters. The minimum Gasteiger partial charge on any atom is -0.495 e. The second kappa shape index (κ2) is 8.16. The largest absolute Gasteiger partial charge is 0.495 e. The van der Waals surface area contributed by atoms with Crippen molar-refractivity contribution >= 4 is 28.5 Å². The molecule has 1 fully saturated rings. The Kier molecular flexibility index (Phi) is 5.54. The molecule has 0 amide bonds. The minimum absolute atomic E-state index is 0.118. The number of β-amino-alcohol motifs (C(OH)–C–C–N with tert-alkyl or cyclic N) is 1. The van der Waals surface area contributed by atoms with Crippen molar-refractivity contribution in [2.45, 2.75) is 26.0 Å². The fourth-order valence-corrected chi connectivity index (χ4v) is 3.95. The molecule has 0 aliphatic carbocycles. The maximum atomic E-state index is 10.0. The molecule has 1 aliphatic rings. The van der Waals surface area contributed by atoms with Crippen LogP contribution in [0.25, 0.3) is 11.0 Å². The highest BCUT2D eigenvalue weighted by atomic mass is 16.5. The number of aliphatic hydroxyl groups is 1. The summed E-state index contributed by atoms with van der Waals surface area (Å²) in [6.07, 6.45) is 3.46. The van der Waals surface area contributed by atoms with Gasteiger partial charge in [-0.1, -0.05) is 0 Å². The maximum Gasteiger partial charge on any atom is 0.222 e. The van der Waals surface area contributed by atoms with Crippen LogP contribution in [0.2, 0.25) is 0 Å². The number of aromatic nitrogens is 5. The van der Waals surface area contributed by atoms with Gasteiger partial charge in [0.15, 0.2) is 5.82 Å². The fourth-order valence-electron chi connectivity index (χ4n) is 3.95. The lowest BCUT2D eigenvalue weighted by Gasteiger charge is -2.38. The molecule has 0 atom stereocenters. The second-order valence-corrected chi connectivity index (χ2v) is 8.42. The highest BCUT2D eigenvalue weighted by Crippen LogP contribution is 2.27. The predicted octanol–water partition coefficient (Wildman–Crippen LogP) is 0.336. The molecule has 3 aromatic rings. The van der Waals surface area contributed by atoms with Gasteiger partial charge in [-0.2, -0.15) is 10.1 Å². The number of nitrogens with zero attached hydrogens (tertiary/aromatic N) is 7. The zero-order valence-electron chi connectivity index (χ0n) is 18.1. The first-order valence-corrected chi connectivity index (χ1v) is 10.2. The number of fused-ring (bicyclic) bond motifs is 1. The van der Waals surface area contributed by atoms with E-state index in [4.69, 9.17) is 16.2 Å². The van der Waals surface area contributed by atoms with E-state index in [0.29, 0.717) is 29.9 Å². The molecule has 5 N–H and O–H groups in total. The monoisotopic (exact) mass is 427 g/mol. The summed E-state index contributed by atoms with van der Waals surface area (Å²) < 4.78 is 7.32. The van der Waals surface area contributed by atoms with Gasteiger partial charge in [-0.05, 0) is 13.8 Å². The van der Waals surface area contributed by atoms with Gasteiger partial charge in [0, 0.05) is 38.8 Å². The Morgan fingerprint density at radius 3 is 2.55 bits per heavy atom. The molecule has 0 spiro atoms. The molecule has 166 valence electrons. The molecule has 0 aromatic carbocycles. The van der Waals surface area contributed by atoms with Crippen molar-refractivity contribution in [3.05, 3.63) is 24.2 Å². The molecule has 4 heterocycles. The van der Waals surface area contributed by atoms with E-state index in [9.17, 15) is 5.11 Å². The van der Waals surface area contributed by atoms with Crippen LogP contribution < -0.4 is 21.1 Å². The van der Waals surface area contributed by atoms with Crippen molar-refractivity contribution in [3.8, 4) is 5.75 Å². The normalized spacial score (nSPS) is 15.5. The number of methoxy groups -OCH3 is 1. The third kappa shape index (κ3) is 4.62. The van der Waals surface area contributed by atoms with Crippen LogP contribution in [-0.4, -0.2) is 80.2 Å². The molecule has 3 aromatic heterocycles. The molecular formula is C20H29N9O2. The number of hydrogen-bond donors (Lipinski definition) is 3. The second-order valence-electron chi connectivity index (χ2n) is 8.42. The molecule has 1 saturated heterocycles. The number of pyridine rings is 1. The van der Waals surface area contributed by atoms with E-state index in [0.717, 1.165) is 37.6 Å². The SMILES string of the molecule is COc1cc(N2CCN(CC(C)(C)O)CC2)cnc1Cn1ncc2nc(N)nc(N)c21. The average molecular weight is 428 g/mol. The molecule has 0 saturated carbocycles. The Hall–Kier alpha value is -3.18. The van der Waals surface area contributed by atoms with Crippen molar-refractivity contribution in [1.29, 1.82) is 0 Å². The van der Waals surface area contributed by atoms with Gasteiger partial charge >= 0.3 is 0 Å². The van der Waals surface area contributed by atoms with Crippen molar-refractivity contribution < 1.29 is 9.84 Å². The smallest absolute Gasteiger partial charge is 0.222 e. The van der Waals surface area contributed by atoms with Gasteiger partial charge in [0.2, 0.25) is 5.95 Å². The lowest BCUT2D eigenvalue weighted by Crippen LogP contribution is -2.50. The van der Waals surface area contributed by atoms with Crippen molar-refractivity contribution in [1.82, 2.24) is 29.6 Å². The van der Waals surface area contributed by atoms with Crippen LogP contribution >= 0.6 is 0 Å². The Bertz CT molecular complexity index is 1070. The number of piperazine rings is 1. The Labute approximate surface area is 180 Å². The van der Waals surface area contributed by atoms with E-state index >= 15 is 0 Å². The van der Waals surface area contributed by atoms with Crippen LogP contribution in [0.3, 0.4) is 0 Å². The average Bonchev–Trinajstić information content (AvgIpc) is 3.10. The summed E-state index contributed by atoms with van der Waals surface area (Å²) in [5.74, 6) is 1.07. The summed E-state index contributed by atoms with van der Waals surface area (Å²) >= 11 is 0. The lowest BCUT2D eigenvalue weighted by molar-refractivity contribution is 0.0345. The summed E-state index contributed by atoms with van der Waals surface area (Å²) in [7, 11) is 1.63. The van der Waals surface area contributed by atoms with Crippen molar-refractivity contribution in [2.24, 2.45) is 0 Å². The van der Waals surface area contributed by atoms with Crippen LogP contribution in [-0.2, 0) is 6.54 Å². The zero-order chi connectivity index (χ0) is 22.2. The summed E-state index contributed by atoms with van der Waals surface area (Å²) in [4.78, 5) is 17.4. The Morgan fingerprint density at radius 1 is 1.13 bits per heavy atom. The number of nitrogens with two attached hydrogens (primary N) is 2. The van der Waals surface area contributed by atoms with Gasteiger partial charge in [0.1, 0.15) is 22.5 Å². The summed E-state index contributed by atoms with van der Waals surface area (Å²) in [6.45, 7) is 8.19. The van der Waals surface area contributed by atoms with Crippen molar-refractivity contribution in [3.63, 3.8) is 0 Å². The van der Waals surface area contributed by atoms with E-state index < -0.39 is 5.60 Å². The van der Waals surface area contributed by atoms with Gasteiger partial charge in [-0.3, -0.25) is 14.6 Å². The van der Waals surface area contributed by atoms with Gasteiger partial charge in [-0.25, -0.2) is 4.98 Å².